The van der Waals surface area contributed by atoms with E-state index in [9.17, 15) is 5.11 Å². The van der Waals surface area contributed by atoms with Crippen molar-refractivity contribution in [2.45, 2.75) is 45.1 Å². The average molecular weight is 234 g/mol. The summed E-state index contributed by atoms with van der Waals surface area (Å²) >= 11 is 0. The molecule has 1 fully saturated rings. The van der Waals surface area contributed by atoms with Crippen molar-refractivity contribution in [2.75, 3.05) is 6.61 Å². The summed E-state index contributed by atoms with van der Waals surface area (Å²) in [6.45, 7) is 2.66. The first-order chi connectivity index (χ1) is 8.31. The van der Waals surface area contributed by atoms with Gasteiger partial charge in [-0.3, -0.25) is 0 Å². The first kappa shape index (κ1) is 12.4. The lowest BCUT2D eigenvalue weighted by atomic mass is 9.83. The van der Waals surface area contributed by atoms with Crippen LogP contribution in [0.1, 0.15) is 50.7 Å². The maximum absolute atomic E-state index is 10.3. The maximum Gasteiger partial charge on any atom is 0.119 e. The third-order valence-corrected chi connectivity index (χ3v) is 3.63. The van der Waals surface area contributed by atoms with Gasteiger partial charge >= 0.3 is 0 Å². The Morgan fingerprint density at radius 3 is 2.41 bits per heavy atom. The molecule has 1 atom stereocenters. The molecule has 0 bridgehead atoms. The highest BCUT2D eigenvalue weighted by Crippen LogP contribution is 2.34. The van der Waals surface area contributed by atoms with Gasteiger partial charge in [-0.1, -0.05) is 31.4 Å². The van der Waals surface area contributed by atoms with Gasteiger partial charge in [-0.25, -0.2) is 0 Å². The van der Waals surface area contributed by atoms with Crippen LogP contribution in [0.2, 0.25) is 0 Å². The van der Waals surface area contributed by atoms with Crippen LogP contribution >= 0.6 is 0 Å². The lowest BCUT2D eigenvalue weighted by Crippen LogP contribution is -2.15. The van der Waals surface area contributed by atoms with Crippen LogP contribution in [0.3, 0.4) is 0 Å². The molecule has 2 rings (SSSR count). The highest BCUT2D eigenvalue weighted by atomic mass is 16.5. The van der Waals surface area contributed by atoms with Crippen LogP contribution in [0.4, 0.5) is 0 Å². The van der Waals surface area contributed by atoms with E-state index in [-0.39, 0.29) is 6.10 Å². The summed E-state index contributed by atoms with van der Waals surface area (Å²) < 4.78 is 5.40. The summed E-state index contributed by atoms with van der Waals surface area (Å²) in [6.07, 6.45) is 5.87. The van der Waals surface area contributed by atoms with E-state index < -0.39 is 0 Å². The van der Waals surface area contributed by atoms with Crippen molar-refractivity contribution in [1.82, 2.24) is 0 Å². The first-order valence-corrected chi connectivity index (χ1v) is 6.72. The summed E-state index contributed by atoms with van der Waals surface area (Å²) in [7, 11) is 0. The molecule has 1 aliphatic carbocycles. The van der Waals surface area contributed by atoms with Gasteiger partial charge in [-0.05, 0) is 43.4 Å². The van der Waals surface area contributed by atoms with E-state index in [2.05, 4.69) is 0 Å². The summed E-state index contributed by atoms with van der Waals surface area (Å²) in [4.78, 5) is 0. The van der Waals surface area contributed by atoms with Crippen LogP contribution in [0, 0.1) is 5.92 Å². The van der Waals surface area contributed by atoms with Gasteiger partial charge < -0.3 is 9.84 Å². The van der Waals surface area contributed by atoms with Crippen LogP contribution in [0.25, 0.3) is 0 Å². The van der Waals surface area contributed by atoms with Crippen molar-refractivity contribution in [3.05, 3.63) is 29.8 Å². The summed E-state index contributed by atoms with van der Waals surface area (Å²) in [5, 5.41) is 10.3. The lowest BCUT2D eigenvalue weighted by Gasteiger charge is -2.26. The topological polar surface area (TPSA) is 29.5 Å². The highest BCUT2D eigenvalue weighted by molar-refractivity contribution is 5.28. The van der Waals surface area contributed by atoms with Gasteiger partial charge in [0.05, 0.1) is 12.7 Å². The Morgan fingerprint density at radius 2 is 1.82 bits per heavy atom. The predicted octanol–water partition coefficient (Wildman–Crippen LogP) is 3.70. The maximum atomic E-state index is 10.3. The monoisotopic (exact) mass is 234 g/mol. The predicted molar refractivity (Wildman–Crippen MR) is 69.1 cm³/mol. The molecule has 0 radical (unpaired) electrons. The van der Waals surface area contributed by atoms with E-state index in [1.807, 2.05) is 31.2 Å². The minimum Gasteiger partial charge on any atom is -0.494 e. The van der Waals surface area contributed by atoms with E-state index in [4.69, 9.17) is 4.74 Å². The van der Waals surface area contributed by atoms with Crippen LogP contribution < -0.4 is 4.74 Å². The smallest absolute Gasteiger partial charge is 0.119 e. The fourth-order valence-electron chi connectivity index (χ4n) is 2.65. The molecule has 0 amide bonds. The largest absolute Gasteiger partial charge is 0.494 e. The Hall–Kier alpha value is -1.02. The molecule has 0 aromatic heterocycles. The molecule has 2 nitrogen and oxygen atoms in total. The van der Waals surface area contributed by atoms with Gasteiger partial charge in [0.1, 0.15) is 5.75 Å². The molecule has 1 aromatic carbocycles. The van der Waals surface area contributed by atoms with Crippen LogP contribution in [-0.2, 0) is 0 Å². The normalized spacial score (nSPS) is 18.9. The molecule has 17 heavy (non-hydrogen) atoms. The zero-order chi connectivity index (χ0) is 12.1. The van der Waals surface area contributed by atoms with Gasteiger partial charge in [0.2, 0.25) is 0 Å². The van der Waals surface area contributed by atoms with E-state index >= 15 is 0 Å². The fourth-order valence-corrected chi connectivity index (χ4v) is 2.65. The van der Waals surface area contributed by atoms with Crippen molar-refractivity contribution >= 4 is 0 Å². The first-order valence-electron chi connectivity index (χ1n) is 6.72. The van der Waals surface area contributed by atoms with Crippen molar-refractivity contribution in [1.29, 1.82) is 0 Å². The van der Waals surface area contributed by atoms with Crippen molar-refractivity contribution in [3.8, 4) is 5.75 Å². The van der Waals surface area contributed by atoms with Gasteiger partial charge in [0.15, 0.2) is 0 Å². The number of hydrogen-bond acceptors (Lipinski definition) is 2. The average Bonchev–Trinajstić information content (AvgIpc) is 2.40. The Labute approximate surface area is 104 Å². The molecule has 1 aromatic rings. The number of benzene rings is 1. The molecule has 1 unspecified atom stereocenters. The molecule has 0 aliphatic heterocycles. The highest BCUT2D eigenvalue weighted by Gasteiger charge is 2.22. The molecule has 1 N–H and O–H groups in total. The Bertz CT molecular complexity index is 325. The Morgan fingerprint density at radius 1 is 1.18 bits per heavy atom. The second-order valence-electron chi connectivity index (χ2n) is 4.84. The third-order valence-electron chi connectivity index (χ3n) is 3.63. The number of aliphatic hydroxyl groups excluding tert-OH is 1. The fraction of sp³-hybridized carbons (Fsp3) is 0.600. The van der Waals surface area contributed by atoms with Gasteiger partial charge in [0, 0.05) is 0 Å². The standard InChI is InChI=1S/C15H22O2/c1-2-17-14-10-8-13(9-11-14)15(16)12-6-4-3-5-7-12/h8-12,15-16H,2-7H2,1H3. The van der Waals surface area contributed by atoms with Gasteiger partial charge in [-0.2, -0.15) is 0 Å². The van der Waals surface area contributed by atoms with E-state index in [0.717, 1.165) is 24.2 Å². The summed E-state index contributed by atoms with van der Waals surface area (Å²) in [5.41, 5.74) is 1.03. The zero-order valence-corrected chi connectivity index (χ0v) is 10.6. The quantitative estimate of drug-likeness (QED) is 0.860. The van der Waals surface area contributed by atoms with Crippen molar-refractivity contribution in [2.24, 2.45) is 5.92 Å². The summed E-state index contributed by atoms with van der Waals surface area (Å²) in [5.74, 6) is 1.33. The van der Waals surface area contributed by atoms with E-state index in [1.54, 1.807) is 0 Å². The molecule has 0 heterocycles. The second-order valence-corrected chi connectivity index (χ2v) is 4.84. The molecule has 0 spiro atoms. The Kier molecular flexibility index (Phi) is 4.43. The minimum absolute atomic E-state index is 0.300. The molecule has 1 aliphatic rings. The second kappa shape index (κ2) is 6.06. The molecule has 0 saturated heterocycles. The number of ether oxygens (including phenoxy) is 1. The van der Waals surface area contributed by atoms with Crippen LogP contribution in [-0.4, -0.2) is 11.7 Å². The van der Waals surface area contributed by atoms with E-state index in [0.29, 0.717) is 12.5 Å². The lowest BCUT2D eigenvalue weighted by molar-refractivity contribution is 0.0848. The van der Waals surface area contributed by atoms with Crippen LogP contribution in [0.5, 0.6) is 5.75 Å². The molecular formula is C15H22O2. The zero-order valence-electron chi connectivity index (χ0n) is 10.6. The molecule has 94 valence electrons. The molecule has 1 saturated carbocycles. The van der Waals surface area contributed by atoms with Crippen LogP contribution in [0.15, 0.2) is 24.3 Å². The number of rotatable bonds is 4. The van der Waals surface area contributed by atoms with Gasteiger partial charge in [0.25, 0.3) is 0 Å². The number of hydrogen-bond donors (Lipinski definition) is 1. The minimum atomic E-state index is -0.300. The van der Waals surface area contributed by atoms with E-state index in [1.165, 1.54) is 19.3 Å². The Balaban J connectivity index is 2.00. The van der Waals surface area contributed by atoms with Gasteiger partial charge in [-0.15, -0.1) is 0 Å². The molecular weight excluding hydrogens is 212 g/mol. The van der Waals surface area contributed by atoms with Crippen molar-refractivity contribution < 1.29 is 9.84 Å². The molecule has 2 heteroatoms. The SMILES string of the molecule is CCOc1ccc(C(O)C2CCCCC2)cc1. The number of aliphatic hydroxyl groups is 1. The third kappa shape index (κ3) is 3.22. The summed E-state index contributed by atoms with van der Waals surface area (Å²) in [6, 6.07) is 7.88. The van der Waals surface area contributed by atoms with Crippen molar-refractivity contribution in [3.63, 3.8) is 0 Å².